The number of amides is 2. The zero-order chi connectivity index (χ0) is 16.2. The summed E-state index contributed by atoms with van der Waals surface area (Å²) in [5.74, 6) is -1.22. The summed E-state index contributed by atoms with van der Waals surface area (Å²) >= 11 is 0. The van der Waals surface area contributed by atoms with E-state index in [1.165, 1.54) is 32.3 Å². The van der Waals surface area contributed by atoms with Crippen LogP contribution in [0.4, 0.5) is 23.7 Å². The zero-order valence-electron chi connectivity index (χ0n) is 11.5. The Morgan fingerprint density at radius 2 is 1.76 bits per heavy atom. The number of hydrogen-bond acceptors (Lipinski definition) is 2. The maximum atomic E-state index is 12.1. The lowest BCUT2D eigenvalue weighted by Gasteiger charge is -2.26. The molecule has 0 bridgehead atoms. The predicted octanol–water partition coefficient (Wildman–Crippen LogP) is 2.83. The molecule has 0 saturated heterocycles. The van der Waals surface area contributed by atoms with E-state index < -0.39 is 31.1 Å². The number of hydrogen-bond donors (Lipinski definition) is 1. The minimum atomic E-state index is -4.36. The maximum Gasteiger partial charge on any atom is 0.390 e. The third-order valence-electron chi connectivity index (χ3n) is 2.84. The van der Waals surface area contributed by atoms with E-state index in [9.17, 15) is 22.8 Å². The van der Waals surface area contributed by atoms with Crippen molar-refractivity contribution in [1.82, 2.24) is 4.90 Å². The molecule has 5 nitrogen and oxygen atoms in total. The molecule has 0 heterocycles. The van der Waals surface area contributed by atoms with E-state index in [1.807, 2.05) is 0 Å². The van der Waals surface area contributed by atoms with Gasteiger partial charge in [0, 0.05) is 20.6 Å². The van der Waals surface area contributed by atoms with Crippen LogP contribution in [0, 0.1) is 0 Å². The average Bonchev–Trinajstić information content (AvgIpc) is 2.42. The van der Waals surface area contributed by atoms with Gasteiger partial charge in [0.25, 0.3) is 0 Å². The molecular weight excluding hydrogens is 289 g/mol. The molecular formula is C13H15F3N2O3. The van der Waals surface area contributed by atoms with Crippen molar-refractivity contribution in [2.45, 2.75) is 12.6 Å². The van der Waals surface area contributed by atoms with Crippen LogP contribution in [-0.2, 0) is 0 Å². The standard InChI is InChI=1S/C13H15F3N2O3/c1-17(8-7-13(14,15)16)12(21)18(2)10-6-4-3-5-9(10)11(19)20/h3-6H,7-8H2,1-2H3,(H,19,20). The number of halogens is 3. The van der Waals surface area contributed by atoms with Gasteiger partial charge in [0.15, 0.2) is 0 Å². The van der Waals surface area contributed by atoms with Crippen LogP contribution in [0.3, 0.4) is 0 Å². The molecule has 0 fully saturated rings. The number of nitrogens with zero attached hydrogens (tertiary/aromatic N) is 2. The van der Waals surface area contributed by atoms with E-state index in [-0.39, 0.29) is 11.3 Å². The molecule has 1 rings (SSSR count). The molecule has 0 aromatic heterocycles. The maximum absolute atomic E-state index is 12.1. The van der Waals surface area contributed by atoms with Crippen LogP contribution in [-0.4, -0.2) is 48.8 Å². The highest BCUT2D eigenvalue weighted by molar-refractivity contribution is 6.00. The van der Waals surface area contributed by atoms with E-state index in [2.05, 4.69) is 0 Å². The summed E-state index contributed by atoms with van der Waals surface area (Å²) in [5.41, 5.74) is 0.0198. The predicted molar refractivity (Wildman–Crippen MR) is 70.5 cm³/mol. The summed E-state index contributed by atoms with van der Waals surface area (Å²) in [6.45, 7) is -0.498. The number of carbonyl (C=O) groups is 2. The summed E-state index contributed by atoms with van der Waals surface area (Å²) in [6.07, 6.45) is -5.48. The number of carboxylic acid groups (broad SMARTS) is 1. The van der Waals surface area contributed by atoms with Crippen molar-refractivity contribution in [3.05, 3.63) is 29.8 Å². The van der Waals surface area contributed by atoms with Gasteiger partial charge in [-0.15, -0.1) is 0 Å². The van der Waals surface area contributed by atoms with E-state index in [1.54, 1.807) is 6.07 Å². The fraction of sp³-hybridized carbons (Fsp3) is 0.385. The Hall–Kier alpha value is -2.25. The minimum absolute atomic E-state index is 0.0995. The molecule has 0 radical (unpaired) electrons. The van der Waals surface area contributed by atoms with Crippen molar-refractivity contribution in [2.24, 2.45) is 0 Å². The van der Waals surface area contributed by atoms with E-state index >= 15 is 0 Å². The summed E-state index contributed by atoms with van der Waals surface area (Å²) in [5, 5.41) is 9.04. The second-order valence-electron chi connectivity index (χ2n) is 4.45. The number of alkyl halides is 3. The largest absolute Gasteiger partial charge is 0.478 e. The average molecular weight is 304 g/mol. The summed E-state index contributed by atoms with van der Waals surface area (Å²) in [7, 11) is 2.54. The Balaban J connectivity index is 2.86. The van der Waals surface area contributed by atoms with E-state index in [0.29, 0.717) is 0 Å². The first kappa shape index (κ1) is 16.8. The summed E-state index contributed by atoms with van der Waals surface area (Å²) < 4.78 is 36.4. The number of carbonyl (C=O) groups excluding carboxylic acids is 1. The van der Waals surface area contributed by atoms with Gasteiger partial charge in [0.05, 0.1) is 17.7 Å². The molecule has 116 valence electrons. The van der Waals surface area contributed by atoms with Crippen molar-refractivity contribution in [1.29, 1.82) is 0 Å². The molecule has 1 N–H and O–H groups in total. The molecule has 0 aliphatic carbocycles. The van der Waals surface area contributed by atoms with Crippen molar-refractivity contribution in [3.8, 4) is 0 Å². The monoisotopic (exact) mass is 304 g/mol. The van der Waals surface area contributed by atoms with Gasteiger partial charge in [-0.25, -0.2) is 9.59 Å². The number of rotatable bonds is 4. The van der Waals surface area contributed by atoms with Crippen LogP contribution >= 0.6 is 0 Å². The van der Waals surface area contributed by atoms with Gasteiger partial charge in [-0.1, -0.05) is 12.1 Å². The fourth-order valence-corrected chi connectivity index (χ4v) is 1.70. The quantitative estimate of drug-likeness (QED) is 0.930. The Morgan fingerprint density at radius 1 is 1.19 bits per heavy atom. The summed E-state index contributed by atoms with van der Waals surface area (Å²) in [6, 6.07) is 5.06. The van der Waals surface area contributed by atoms with Gasteiger partial charge >= 0.3 is 18.2 Å². The third kappa shape index (κ3) is 4.66. The Bertz CT molecular complexity index is 532. The topological polar surface area (TPSA) is 60.9 Å². The number of benzene rings is 1. The van der Waals surface area contributed by atoms with Crippen LogP contribution in [0.15, 0.2) is 24.3 Å². The number of aromatic carboxylic acids is 1. The number of anilines is 1. The molecule has 21 heavy (non-hydrogen) atoms. The van der Waals surface area contributed by atoms with E-state index in [0.717, 1.165) is 9.80 Å². The third-order valence-corrected chi connectivity index (χ3v) is 2.84. The Labute approximate surface area is 119 Å². The van der Waals surface area contributed by atoms with Gasteiger partial charge in [-0.3, -0.25) is 4.90 Å². The number of carboxylic acids is 1. The van der Waals surface area contributed by atoms with Gasteiger partial charge in [0.2, 0.25) is 0 Å². The highest BCUT2D eigenvalue weighted by Crippen LogP contribution is 2.22. The molecule has 0 aliphatic rings. The second-order valence-corrected chi connectivity index (χ2v) is 4.45. The molecule has 0 atom stereocenters. The Morgan fingerprint density at radius 3 is 2.29 bits per heavy atom. The zero-order valence-corrected chi connectivity index (χ0v) is 11.5. The van der Waals surface area contributed by atoms with Crippen LogP contribution in [0.5, 0.6) is 0 Å². The Kier molecular flexibility index (Phi) is 5.17. The van der Waals surface area contributed by atoms with Gasteiger partial charge in [0.1, 0.15) is 0 Å². The lowest BCUT2D eigenvalue weighted by Crippen LogP contribution is -2.40. The molecule has 0 spiro atoms. The normalized spacial score (nSPS) is 11.1. The highest BCUT2D eigenvalue weighted by Gasteiger charge is 2.29. The molecule has 0 aliphatic heterocycles. The van der Waals surface area contributed by atoms with Crippen molar-refractivity contribution in [3.63, 3.8) is 0 Å². The van der Waals surface area contributed by atoms with Crippen LogP contribution in [0.1, 0.15) is 16.8 Å². The number of para-hydroxylation sites is 1. The van der Waals surface area contributed by atoms with Gasteiger partial charge < -0.3 is 10.0 Å². The molecule has 1 aromatic carbocycles. The lowest BCUT2D eigenvalue weighted by molar-refractivity contribution is -0.135. The van der Waals surface area contributed by atoms with Crippen molar-refractivity contribution in [2.75, 3.05) is 25.5 Å². The van der Waals surface area contributed by atoms with Gasteiger partial charge in [-0.05, 0) is 12.1 Å². The molecule has 0 saturated carbocycles. The van der Waals surface area contributed by atoms with Crippen molar-refractivity contribution >= 4 is 17.7 Å². The molecule has 0 unspecified atom stereocenters. The smallest absolute Gasteiger partial charge is 0.390 e. The van der Waals surface area contributed by atoms with Crippen LogP contribution < -0.4 is 4.90 Å². The second kappa shape index (κ2) is 6.47. The minimum Gasteiger partial charge on any atom is -0.478 e. The first-order valence-electron chi connectivity index (χ1n) is 6.01. The molecule has 8 heteroatoms. The fourth-order valence-electron chi connectivity index (χ4n) is 1.70. The molecule has 1 aromatic rings. The number of urea groups is 1. The lowest BCUT2D eigenvalue weighted by atomic mass is 10.1. The highest BCUT2D eigenvalue weighted by atomic mass is 19.4. The SMILES string of the molecule is CN(CCC(F)(F)F)C(=O)N(C)c1ccccc1C(=O)O. The van der Waals surface area contributed by atoms with Crippen LogP contribution in [0.2, 0.25) is 0 Å². The first-order chi connectivity index (χ1) is 9.63. The summed E-state index contributed by atoms with van der Waals surface area (Å²) in [4.78, 5) is 25.0. The van der Waals surface area contributed by atoms with Crippen LogP contribution in [0.25, 0.3) is 0 Å². The van der Waals surface area contributed by atoms with Crippen molar-refractivity contribution < 1.29 is 27.9 Å². The van der Waals surface area contributed by atoms with Gasteiger partial charge in [-0.2, -0.15) is 13.2 Å². The first-order valence-corrected chi connectivity index (χ1v) is 6.01. The molecule has 2 amide bonds. The van der Waals surface area contributed by atoms with E-state index in [4.69, 9.17) is 5.11 Å².